The van der Waals surface area contributed by atoms with Crippen molar-refractivity contribution < 1.29 is 0 Å². The number of aromatic amines is 1. The van der Waals surface area contributed by atoms with Gasteiger partial charge in [0, 0.05) is 17.3 Å². The fraction of sp³-hybridized carbons (Fsp3) is 0. The number of H-pyrrole nitrogens is 1. The molecule has 100 valence electrons. The lowest BCUT2D eigenvalue weighted by atomic mass is 10.1. The lowest BCUT2D eigenvalue weighted by Gasteiger charge is -2.00. The van der Waals surface area contributed by atoms with Gasteiger partial charge in [-0.2, -0.15) is 0 Å². The lowest BCUT2D eigenvalue weighted by Crippen LogP contribution is -1.81. The van der Waals surface area contributed by atoms with Crippen LogP contribution in [0.1, 0.15) is 0 Å². The van der Waals surface area contributed by atoms with Gasteiger partial charge in [0.15, 0.2) is 0 Å². The number of aromatic nitrogens is 2. The van der Waals surface area contributed by atoms with Gasteiger partial charge in [0.05, 0.1) is 5.69 Å². The summed E-state index contributed by atoms with van der Waals surface area (Å²) >= 11 is 0. The summed E-state index contributed by atoms with van der Waals surface area (Å²) in [5.74, 6) is 0.902. The van der Waals surface area contributed by atoms with Crippen molar-refractivity contribution in [1.29, 1.82) is 0 Å². The van der Waals surface area contributed by atoms with Gasteiger partial charge in [-0.15, -0.1) is 0 Å². The van der Waals surface area contributed by atoms with Gasteiger partial charge >= 0.3 is 0 Å². The largest absolute Gasteiger partial charge is 0.344 e. The van der Waals surface area contributed by atoms with Crippen LogP contribution >= 0.6 is 0 Å². The molecule has 3 aromatic carbocycles. The Bertz CT molecular complexity index is 892. The van der Waals surface area contributed by atoms with E-state index in [4.69, 9.17) is 4.98 Å². The highest BCUT2D eigenvalue weighted by atomic mass is 14.9. The third-order valence-electron chi connectivity index (χ3n) is 3.67. The molecule has 2 heteroatoms. The highest BCUT2D eigenvalue weighted by molar-refractivity contribution is 5.86. The van der Waals surface area contributed by atoms with Gasteiger partial charge in [-0.25, -0.2) is 4.98 Å². The van der Waals surface area contributed by atoms with E-state index in [-0.39, 0.29) is 0 Å². The molecule has 1 heterocycles. The van der Waals surface area contributed by atoms with Gasteiger partial charge in [-0.1, -0.05) is 66.7 Å². The van der Waals surface area contributed by atoms with E-state index in [1.165, 1.54) is 10.8 Å². The minimum absolute atomic E-state index is 0.902. The Hall–Kier alpha value is -2.87. The van der Waals surface area contributed by atoms with Crippen molar-refractivity contribution in [2.75, 3.05) is 0 Å². The molecule has 0 aliphatic rings. The quantitative estimate of drug-likeness (QED) is 0.551. The monoisotopic (exact) mass is 270 g/mol. The molecule has 0 spiro atoms. The van der Waals surface area contributed by atoms with Crippen LogP contribution in [0.3, 0.4) is 0 Å². The first-order valence-electron chi connectivity index (χ1n) is 7.00. The summed E-state index contributed by atoms with van der Waals surface area (Å²) in [4.78, 5) is 7.96. The maximum atomic E-state index is 4.70. The van der Waals surface area contributed by atoms with Crippen LogP contribution in [-0.4, -0.2) is 9.97 Å². The van der Waals surface area contributed by atoms with Crippen molar-refractivity contribution in [3.63, 3.8) is 0 Å². The fourth-order valence-electron chi connectivity index (χ4n) is 2.56. The Morgan fingerprint density at radius 3 is 2.29 bits per heavy atom. The SMILES string of the molecule is c1ccc(-c2nc(-c3ccc4ccccc4c3)c[nH]2)cc1. The van der Waals surface area contributed by atoms with Gasteiger partial charge in [0.1, 0.15) is 5.82 Å². The zero-order chi connectivity index (χ0) is 14.1. The van der Waals surface area contributed by atoms with Crippen molar-refractivity contribution >= 4 is 10.8 Å². The molecule has 0 amide bonds. The first-order valence-corrected chi connectivity index (χ1v) is 7.00. The minimum Gasteiger partial charge on any atom is -0.344 e. The molecule has 4 rings (SSSR count). The molecule has 0 radical (unpaired) electrons. The normalized spacial score (nSPS) is 10.9. The van der Waals surface area contributed by atoms with E-state index in [1.807, 2.05) is 24.4 Å². The van der Waals surface area contributed by atoms with Crippen LogP contribution in [0.5, 0.6) is 0 Å². The summed E-state index contributed by atoms with van der Waals surface area (Å²) in [6.07, 6.45) is 1.96. The highest BCUT2D eigenvalue weighted by Crippen LogP contribution is 2.25. The Labute approximate surface area is 123 Å². The van der Waals surface area contributed by atoms with Crippen molar-refractivity contribution in [3.05, 3.63) is 79.0 Å². The predicted octanol–water partition coefficient (Wildman–Crippen LogP) is 4.90. The maximum absolute atomic E-state index is 4.70. The minimum atomic E-state index is 0.902. The molecule has 0 atom stereocenters. The molecule has 4 aromatic rings. The summed E-state index contributed by atoms with van der Waals surface area (Å²) in [6, 6.07) is 25.0. The second-order valence-electron chi connectivity index (χ2n) is 5.06. The summed E-state index contributed by atoms with van der Waals surface area (Å²) < 4.78 is 0. The van der Waals surface area contributed by atoms with Crippen molar-refractivity contribution in [1.82, 2.24) is 9.97 Å². The number of hydrogen-bond acceptors (Lipinski definition) is 1. The summed E-state index contributed by atoms with van der Waals surface area (Å²) in [5.41, 5.74) is 3.20. The molecule has 0 bridgehead atoms. The Morgan fingerprint density at radius 2 is 1.43 bits per heavy atom. The second kappa shape index (κ2) is 4.91. The van der Waals surface area contributed by atoms with E-state index in [0.29, 0.717) is 0 Å². The van der Waals surface area contributed by atoms with Crippen molar-refractivity contribution in [2.24, 2.45) is 0 Å². The van der Waals surface area contributed by atoms with Gasteiger partial charge in [-0.05, 0) is 16.8 Å². The lowest BCUT2D eigenvalue weighted by molar-refractivity contribution is 1.31. The molecule has 2 nitrogen and oxygen atoms in total. The standard InChI is InChI=1S/C19H14N2/c1-2-7-15(8-3-1)19-20-13-18(21-19)17-11-10-14-6-4-5-9-16(14)12-17/h1-13H,(H,20,21). The number of fused-ring (bicyclic) bond motifs is 1. The van der Waals surface area contributed by atoms with E-state index in [9.17, 15) is 0 Å². The topological polar surface area (TPSA) is 28.7 Å². The molecule has 21 heavy (non-hydrogen) atoms. The third-order valence-corrected chi connectivity index (χ3v) is 3.67. The van der Waals surface area contributed by atoms with E-state index in [0.717, 1.165) is 22.6 Å². The van der Waals surface area contributed by atoms with E-state index in [2.05, 4.69) is 59.6 Å². The molecule has 0 unspecified atom stereocenters. The molecule has 0 aliphatic heterocycles. The summed E-state index contributed by atoms with van der Waals surface area (Å²) in [7, 11) is 0. The molecular formula is C19H14N2. The second-order valence-corrected chi connectivity index (χ2v) is 5.06. The zero-order valence-corrected chi connectivity index (χ0v) is 11.5. The molecule has 1 aromatic heterocycles. The number of imidazole rings is 1. The summed E-state index contributed by atoms with van der Waals surface area (Å²) in [6.45, 7) is 0. The number of rotatable bonds is 2. The molecular weight excluding hydrogens is 256 g/mol. The van der Waals surface area contributed by atoms with Crippen molar-refractivity contribution in [3.8, 4) is 22.6 Å². The van der Waals surface area contributed by atoms with Gasteiger partial charge < -0.3 is 4.98 Å². The summed E-state index contributed by atoms with van der Waals surface area (Å²) in [5, 5.41) is 2.49. The molecule has 1 N–H and O–H groups in total. The van der Waals surface area contributed by atoms with Crippen LogP contribution in [0.4, 0.5) is 0 Å². The number of nitrogens with one attached hydrogen (secondary N) is 1. The van der Waals surface area contributed by atoms with Crippen LogP contribution in [0.2, 0.25) is 0 Å². The highest BCUT2D eigenvalue weighted by Gasteiger charge is 2.06. The fourth-order valence-corrected chi connectivity index (χ4v) is 2.56. The van der Waals surface area contributed by atoms with Gasteiger partial charge in [0.2, 0.25) is 0 Å². The van der Waals surface area contributed by atoms with E-state index < -0.39 is 0 Å². The van der Waals surface area contributed by atoms with Crippen LogP contribution < -0.4 is 0 Å². The smallest absolute Gasteiger partial charge is 0.138 e. The zero-order valence-electron chi connectivity index (χ0n) is 11.5. The Morgan fingerprint density at radius 1 is 0.667 bits per heavy atom. The van der Waals surface area contributed by atoms with Crippen LogP contribution in [0, 0.1) is 0 Å². The first-order chi connectivity index (χ1) is 10.4. The van der Waals surface area contributed by atoms with Crippen molar-refractivity contribution in [2.45, 2.75) is 0 Å². The average molecular weight is 270 g/mol. The number of nitrogens with zero attached hydrogens (tertiary/aromatic N) is 1. The predicted molar refractivity (Wildman–Crippen MR) is 87.0 cm³/mol. The molecule has 0 saturated heterocycles. The Kier molecular flexibility index (Phi) is 2.79. The van der Waals surface area contributed by atoms with Gasteiger partial charge in [-0.3, -0.25) is 0 Å². The number of benzene rings is 3. The Balaban J connectivity index is 1.77. The number of hydrogen-bond donors (Lipinski definition) is 1. The van der Waals surface area contributed by atoms with E-state index >= 15 is 0 Å². The van der Waals surface area contributed by atoms with Crippen LogP contribution in [0.25, 0.3) is 33.4 Å². The van der Waals surface area contributed by atoms with Gasteiger partial charge in [0.25, 0.3) is 0 Å². The molecule has 0 saturated carbocycles. The maximum Gasteiger partial charge on any atom is 0.138 e. The average Bonchev–Trinajstić information content (AvgIpc) is 3.05. The first kappa shape index (κ1) is 11.9. The third kappa shape index (κ3) is 2.21. The molecule has 0 fully saturated rings. The van der Waals surface area contributed by atoms with E-state index in [1.54, 1.807) is 0 Å². The molecule has 0 aliphatic carbocycles. The van der Waals surface area contributed by atoms with Crippen LogP contribution in [0.15, 0.2) is 79.0 Å². The van der Waals surface area contributed by atoms with Crippen LogP contribution in [-0.2, 0) is 0 Å².